The van der Waals surface area contributed by atoms with Crippen LogP contribution in [-0.4, -0.2) is 17.1 Å². The molecule has 2 nitrogen and oxygen atoms in total. The molecule has 9 rings (SSSR count). The summed E-state index contributed by atoms with van der Waals surface area (Å²) in [5.41, 5.74) is 7.71. The maximum Gasteiger partial charge on any atom is 0.101 e. The standard InChI is InChI=1S/C34H33NOS/c1-4-12-27-20(8-1)23-17-16-22-24(18-19-31-32(22)26-10-3-6-15-30(26)37-31)33(23)35(27)28-13-7-11-25-21-9-2-5-14-29(21)36-34(25)28/h2-3,5-6,9,12-21,23,25-26,29,33-34H,1,4,7-8,10-11H2/t20-,21?,23?,25?,26?,29?,33?,34?/m1/s1. The van der Waals surface area contributed by atoms with Crippen LogP contribution in [-0.2, 0) is 4.74 Å². The molecule has 8 atom stereocenters. The number of benzene rings is 1. The smallest absolute Gasteiger partial charge is 0.101 e. The fourth-order valence-electron chi connectivity index (χ4n) is 8.84. The Morgan fingerprint density at radius 3 is 2.86 bits per heavy atom. The summed E-state index contributed by atoms with van der Waals surface area (Å²) < 4.78 is 6.87. The Bertz CT molecular complexity index is 1400. The predicted octanol–water partition coefficient (Wildman–Crippen LogP) is 8.21. The van der Waals surface area contributed by atoms with E-state index in [1.165, 1.54) is 53.2 Å². The molecule has 0 radical (unpaired) electrons. The van der Waals surface area contributed by atoms with E-state index in [1.54, 1.807) is 16.8 Å². The van der Waals surface area contributed by atoms with Crippen molar-refractivity contribution in [1.29, 1.82) is 0 Å². The van der Waals surface area contributed by atoms with Gasteiger partial charge in [-0.25, -0.2) is 0 Å². The molecule has 0 bridgehead atoms. The second-order valence-electron chi connectivity index (χ2n) is 12.0. The van der Waals surface area contributed by atoms with E-state index in [-0.39, 0.29) is 12.2 Å². The van der Waals surface area contributed by atoms with Gasteiger partial charge in [0.1, 0.15) is 6.10 Å². The first kappa shape index (κ1) is 21.4. The third kappa shape index (κ3) is 2.93. The highest BCUT2D eigenvalue weighted by atomic mass is 32.2. The summed E-state index contributed by atoms with van der Waals surface area (Å²) in [4.78, 5) is 5.81. The first-order valence-electron chi connectivity index (χ1n) is 14.5. The van der Waals surface area contributed by atoms with Crippen LogP contribution in [0.15, 0.2) is 94.1 Å². The van der Waals surface area contributed by atoms with Gasteiger partial charge in [0.25, 0.3) is 0 Å². The first-order chi connectivity index (χ1) is 18.4. The van der Waals surface area contributed by atoms with E-state index in [1.807, 2.05) is 11.8 Å². The number of hydrogen-bond acceptors (Lipinski definition) is 3. The third-order valence-corrected chi connectivity index (χ3v) is 11.6. The molecule has 7 unspecified atom stereocenters. The summed E-state index contributed by atoms with van der Waals surface area (Å²) in [5, 5.41) is 0. The van der Waals surface area contributed by atoms with E-state index in [9.17, 15) is 0 Å². The normalized spacial score (nSPS) is 39.6. The third-order valence-electron chi connectivity index (χ3n) is 10.3. The molecule has 0 saturated carbocycles. The van der Waals surface area contributed by atoms with E-state index in [0.29, 0.717) is 35.6 Å². The van der Waals surface area contributed by atoms with Crippen LogP contribution in [0.3, 0.4) is 0 Å². The molecule has 1 aromatic rings. The molecule has 0 spiro atoms. The Morgan fingerprint density at radius 1 is 0.919 bits per heavy atom. The molecule has 3 heterocycles. The average Bonchev–Trinajstić information content (AvgIpc) is 3.62. The van der Waals surface area contributed by atoms with Crippen LogP contribution in [0.2, 0.25) is 0 Å². The lowest BCUT2D eigenvalue weighted by Crippen LogP contribution is -2.36. The highest BCUT2D eigenvalue weighted by Gasteiger charge is 2.53. The van der Waals surface area contributed by atoms with Gasteiger partial charge >= 0.3 is 0 Å². The van der Waals surface area contributed by atoms with Crippen molar-refractivity contribution in [3.8, 4) is 0 Å². The summed E-state index contributed by atoms with van der Waals surface area (Å²) in [7, 11) is 0. The monoisotopic (exact) mass is 503 g/mol. The highest BCUT2D eigenvalue weighted by Crippen LogP contribution is 2.61. The minimum Gasteiger partial charge on any atom is -0.364 e. The van der Waals surface area contributed by atoms with Gasteiger partial charge in [0.15, 0.2) is 0 Å². The van der Waals surface area contributed by atoms with Crippen molar-refractivity contribution in [2.24, 2.45) is 23.7 Å². The highest BCUT2D eigenvalue weighted by molar-refractivity contribution is 8.03. The average molecular weight is 504 g/mol. The minimum atomic E-state index is 0.204. The molecule has 8 aliphatic rings. The topological polar surface area (TPSA) is 12.5 Å². The largest absolute Gasteiger partial charge is 0.364 e. The Labute approximate surface area is 224 Å². The van der Waals surface area contributed by atoms with E-state index in [4.69, 9.17) is 4.74 Å². The molecule has 186 valence electrons. The van der Waals surface area contributed by atoms with Gasteiger partial charge in [0, 0.05) is 45.9 Å². The molecule has 3 aliphatic heterocycles. The zero-order chi connectivity index (χ0) is 24.1. The van der Waals surface area contributed by atoms with Gasteiger partial charge in [-0.2, -0.15) is 0 Å². The maximum absolute atomic E-state index is 6.87. The lowest BCUT2D eigenvalue weighted by molar-refractivity contribution is 0.0537. The first-order valence-corrected chi connectivity index (χ1v) is 15.3. The summed E-state index contributed by atoms with van der Waals surface area (Å²) >= 11 is 2.00. The maximum atomic E-state index is 6.87. The van der Waals surface area contributed by atoms with Crippen LogP contribution in [0.4, 0.5) is 0 Å². The molecule has 0 N–H and O–H groups in total. The predicted molar refractivity (Wildman–Crippen MR) is 151 cm³/mol. The van der Waals surface area contributed by atoms with Gasteiger partial charge in [-0.3, -0.25) is 0 Å². The number of rotatable bonds is 1. The van der Waals surface area contributed by atoms with Crippen LogP contribution in [0.1, 0.15) is 67.2 Å². The van der Waals surface area contributed by atoms with Crippen molar-refractivity contribution in [3.05, 3.63) is 106 Å². The molecule has 3 heteroatoms. The Morgan fingerprint density at radius 2 is 1.86 bits per heavy atom. The van der Waals surface area contributed by atoms with Crippen LogP contribution in [0.5, 0.6) is 0 Å². The quantitative estimate of drug-likeness (QED) is 0.383. The number of thioether (sulfide) groups is 1. The number of ether oxygens (including phenoxy) is 1. The van der Waals surface area contributed by atoms with Crippen molar-refractivity contribution >= 4 is 17.8 Å². The lowest BCUT2D eigenvalue weighted by Gasteiger charge is -2.40. The zero-order valence-corrected chi connectivity index (χ0v) is 21.9. The molecule has 2 saturated heterocycles. The fourth-order valence-corrected chi connectivity index (χ4v) is 10.1. The second kappa shape index (κ2) is 8.01. The van der Waals surface area contributed by atoms with Gasteiger partial charge in [-0.1, -0.05) is 84.7 Å². The van der Waals surface area contributed by atoms with Crippen LogP contribution in [0.25, 0.3) is 6.08 Å². The molecular weight excluding hydrogens is 470 g/mol. The van der Waals surface area contributed by atoms with Crippen LogP contribution in [0, 0.1) is 23.7 Å². The molecule has 37 heavy (non-hydrogen) atoms. The van der Waals surface area contributed by atoms with E-state index in [2.05, 4.69) is 83.9 Å². The van der Waals surface area contributed by atoms with Gasteiger partial charge < -0.3 is 9.64 Å². The summed E-state index contributed by atoms with van der Waals surface area (Å²) in [6, 6.07) is 5.32. The minimum absolute atomic E-state index is 0.204. The lowest BCUT2D eigenvalue weighted by atomic mass is 9.75. The van der Waals surface area contributed by atoms with Crippen LogP contribution >= 0.6 is 11.8 Å². The van der Waals surface area contributed by atoms with Crippen molar-refractivity contribution in [2.45, 2.75) is 67.6 Å². The van der Waals surface area contributed by atoms with Gasteiger partial charge in [0.2, 0.25) is 0 Å². The Balaban J connectivity index is 1.18. The van der Waals surface area contributed by atoms with Gasteiger partial charge in [-0.05, 0) is 66.2 Å². The zero-order valence-electron chi connectivity index (χ0n) is 21.1. The molecule has 0 amide bonds. The number of allylic oxidation sites excluding steroid dienone is 9. The van der Waals surface area contributed by atoms with Gasteiger partial charge in [0.05, 0.1) is 12.1 Å². The molecule has 5 aliphatic carbocycles. The van der Waals surface area contributed by atoms with E-state index in [0.717, 1.165) is 6.42 Å². The fraction of sp³-hybridized carbons (Fsp3) is 0.412. The SMILES string of the molecule is C1=CCC2C(=C1)Sc1ccc3c(c12)C=CC1C3N(C2=CCCC3C2OC2C=CC=CC23)C2=CCCC[C@@H]21. The van der Waals surface area contributed by atoms with E-state index < -0.39 is 0 Å². The van der Waals surface area contributed by atoms with Gasteiger partial charge in [-0.15, -0.1) is 0 Å². The number of likely N-dealkylation sites (tertiary alicyclic amines) is 1. The molecule has 0 aromatic heterocycles. The number of fused-ring (bicyclic) bond motifs is 12. The van der Waals surface area contributed by atoms with Crippen LogP contribution < -0.4 is 0 Å². The number of hydrogen-bond donors (Lipinski definition) is 0. The molecular formula is C34H33NOS. The Hall–Kier alpha value is -2.49. The van der Waals surface area contributed by atoms with E-state index >= 15 is 0 Å². The summed E-state index contributed by atoms with van der Waals surface area (Å²) in [6.07, 6.45) is 34.1. The van der Waals surface area contributed by atoms with Crippen molar-refractivity contribution in [3.63, 3.8) is 0 Å². The molecule has 1 aromatic carbocycles. The van der Waals surface area contributed by atoms with Crippen molar-refractivity contribution in [2.75, 3.05) is 0 Å². The number of nitrogens with zero attached hydrogens (tertiary/aromatic N) is 1. The molecule has 2 fully saturated rings. The summed E-state index contributed by atoms with van der Waals surface area (Å²) in [6.45, 7) is 0. The second-order valence-corrected chi connectivity index (χ2v) is 13.1. The Kier molecular flexibility index (Phi) is 4.64. The van der Waals surface area contributed by atoms with Crippen molar-refractivity contribution in [1.82, 2.24) is 4.90 Å². The van der Waals surface area contributed by atoms with Crippen molar-refractivity contribution < 1.29 is 4.74 Å². The summed E-state index contributed by atoms with van der Waals surface area (Å²) in [5.74, 6) is 2.83.